The molecule has 0 N–H and O–H groups in total. The molecular weight excluding hydrogens is 536 g/mol. The van der Waals surface area contributed by atoms with Crippen LogP contribution in [0.4, 0.5) is 0 Å². The molecule has 2 aliphatic rings. The van der Waals surface area contributed by atoms with Crippen molar-refractivity contribution in [1.29, 1.82) is 0 Å². The molecule has 0 amide bonds. The molecule has 2 fully saturated rings. The molecule has 0 bridgehead atoms. The van der Waals surface area contributed by atoms with Gasteiger partial charge < -0.3 is 9.47 Å². The fraction of sp³-hybridized carbons (Fsp3) is 0.440. The smallest absolute Gasteiger partial charge is 0.188 e. The lowest BCUT2D eigenvalue weighted by molar-refractivity contribution is 0.0997. The average molecular weight is 564 g/mol. The third-order valence-electron chi connectivity index (χ3n) is 7.65. The van der Waals surface area contributed by atoms with Crippen LogP contribution in [0.25, 0.3) is 0 Å². The molecule has 1 saturated carbocycles. The first-order valence-electron chi connectivity index (χ1n) is 11.7. The van der Waals surface area contributed by atoms with Crippen molar-refractivity contribution in [3.63, 3.8) is 0 Å². The lowest BCUT2D eigenvalue weighted by Crippen LogP contribution is -2.48. The van der Waals surface area contributed by atoms with Crippen LogP contribution in [0, 0.1) is 0 Å². The Labute approximate surface area is 214 Å². The molecule has 1 aromatic heterocycles. The number of rotatable bonds is 5. The van der Waals surface area contributed by atoms with Crippen LogP contribution < -0.4 is 0 Å². The topological polar surface area (TPSA) is 68.1 Å². The maximum Gasteiger partial charge on any atom is 0.188 e. The summed E-state index contributed by atoms with van der Waals surface area (Å²) < 4.78 is 30.3. The van der Waals surface area contributed by atoms with E-state index in [0.29, 0.717) is 34.8 Å². The standard InChI is InChI=1S/C25H28BrClN4O2S/c26-20-3-1-19(2-4-20)25(34(32,33)24-7-5-21(27)6-8-24)13-9-22(10-14-25)30-15-11-23(12-16-30)31-17-28-29-18-31/h1-8,17-18,22-23H,9-16H2. The van der Waals surface area contributed by atoms with Crippen molar-refractivity contribution < 1.29 is 8.42 Å². The third kappa shape index (κ3) is 4.45. The molecule has 1 aliphatic carbocycles. The van der Waals surface area contributed by atoms with Crippen molar-refractivity contribution in [2.75, 3.05) is 13.1 Å². The van der Waals surface area contributed by atoms with Crippen LogP contribution in [0.5, 0.6) is 0 Å². The number of aromatic nitrogens is 3. The predicted molar refractivity (Wildman–Crippen MR) is 137 cm³/mol. The summed E-state index contributed by atoms with van der Waals surface area (Å²) in [4.78, 5) is 2.90. The van der Waals surface area contributed by atoms with Crippen LogP contribution in [0.15, 0.2) is 70.6 Å². The Kier molecular flexibility index (Phi) is 6.86. The van der Waals surface area contributed by atoms with Crippen LogP contribution in [-0.4, -0.2) is 47.2 Å². The van der Waals surface area contributed by atoms with Gasteiger partial charge in [-0.05, 0) is 80.5 Å². The summed E-state index contributed by atoms with van der Waals surface area (Å²) in [5.74, 6) is 0. The van der Waals surface area contributed by atoms with E-state index in [1.807, 2.05) is 24.3 Å². The van der Waals surface area contributed by atoms with Crippen LogP contribution in [0.1, 0.15) is 50.1 Å². The molecule has 1 aliphatic heterocycles. The Morgan fingerprint density at radius 2 is 1.44 bits per heavy atom. The molecule has 0 radical (unpaired) electrons. The summed E-state index contributed by atoms with van der Waals surface area (Å²) in [6.07, 6.45) is 8.67. The van der Waals surface area contributed by atoms with Crippen molar-refractivity contribution in [3.05, 3.63) is 76.2 Å². The Hall–Kier alpha value is -1.74. The summed E-state index contributed by atoms with van der Waals surface area (Å²) in [6.45, 7) is 2.03. The van der Waals surface area contributed by atoms with Crippen molar-refractivity contribution >= 4 is 37.4 Å². The Balaban J connectivity index is 1.37. The first kappa shape index (κ1) is 24.0. The fourth-order valence-electron chi connectivity index (χ4n) is 5.69. The molecule has 34 heavy (non-hydrogen) atoms. The Morgan fingerprint density at radius 3 is 2.03 bits per heavy atom. The van der Waals surface area contributed by atoms with E-state index in [-0.39, 0.29) is 0 Å². The summed E-state index contributed by atoms with van der Waals surface area (Å²) in [5.41, 5.74) is 0.871. The zero-order valence-electron chi connectivity index (χ0n) is 18.9. The third-order valence-corrected chi connectivity index (χ3v) is 11.0. The van der Waals surface area contributed by atoms with Crippen LogP contribution in [0.3, 0.4) is 0 Å². The van der Waals surface area contributed by atoms with Gasteiger partial charge in [0.05, 0.1) is 4.90 Å². The average Bonchev–Trinajstić information content (AvgIpc) is 3.40. The van der Waals surface area contributed by atoms with E-state index in [4.69, 9.17) is 11.6 Å². The van der Waals surface area contributed by atoms with Gasteiger partial charge in [0.1, 0.15) is 17.4 Å². The quantitative estimate of drug-likeness (QED) is 0.402. The van der Waals surface area contributed by atoms with Crippen molar-refractivity contribution in [2.24, 2.45) is 0 Å². The van der Waals surface area contributed by atoms with Gasteiger partial charge in [-0.3, -0.25) is 0 Å². The number of piperidine rings is 1. The number of sulfone groups is 1. The van der Waals surface area contributed by atoms with Gasteiger partial charge in [0.2, 0.25) is 0 Å². The number of halogens is 2. The monoisotopic (exact) mass is 562 g/mol. The van der Waals surface area contributed by atoms with Gasteiger partial charge in [0, 0.05) is 34.7 Å². The zero-order chi connectivity index (χ0) is 23.8. The van der Waals surface area contributed by atoms with Crippen molar-refractivity contribution in [2.45, 2.75) is 60.3 Å². The fourth-order valence-corrected chi connectivity index (χ4v) is 8.24. The summed E-state index contributed by atoms with van der Waals surface area (Å²) >= 11 is 9.54. The highest BCUT2D eigenvalue weighted by Gasteiger charge is 2.49. The molecule has 180 valence electrons. The van der Waals surface area contributed by atoms with Crippen LogP contribution >= 0.6 is 27.5 Å². The SMILES string of the molecule is O=S(=O)(c1ccc(Cl)cc1)C1(c2ccc(Br)cc2)CCC(N2CCC(n3cnnc3)CC2)CC1. The van der Waals surface area contributed by atoms with Gasteiger partial charge in [-0.1, -0.05) is 39.7 Å². The predicted octanol–water partition coefficient (Wildman–Crippen LogP) is 5.64. The van der Waals surface area contributed by atoms with E-state index < -0.39 is 14.6 Å². The van der Waals surface area contributed by atoms with Crippen molar-refractivity contribution in [3.8, 4) is 0 Å². The summed E-state index contributed by atoms with van der Waals surface area (Å²) in [6, 6.07) is 15.3. The zero-order valence-corrected chi connectivity index (χ0v) is 22.0. The first-order valence-corrected chi connectivity index (χ1v) is 14.4. The molecular formula is C25H28BrClN4O2S. The second kappa shape index (κ2) is 9.72. The second-order valence-electron chi connectivity index (χ2n) is 9.37. The normalized spacial score (nSPS) is 24.8. The minimum absolute atomic E-state index is 0.341. The number of nitrogens with zero attached hydrogens (tertiary/aromatic N) is 4. The van der Waals surface area contributed by atoms with E-state index in [1.165, 1.54) is 0 Å². The molecule has 3 aromatic rings. The van der Waals surface area contributed by atoms with E-state index in [9.17, 15) is 8.42 Å². The highest BCUT2D eigenvalue weighted by molar-refractivity contribution is 9.10. The lowest BCUT2D eigenvalue weighted by Gasteiger charge is -2.45. The van der Waals surface area contributed by atoms with Crippen LogP contribution in [-0.2, 0) is 14.6 Å². The number of hydrogen-bond acceptors (Lipinski definition) is 5. The van der Waals surface area contributed by atoms with Gasteiger partial charge in [-0.15, -0.1) is 10.2 Å². The molecule has 0 atom stereocenters. The van der Waals surface area contributed by atoms with Crippen molar-refractivity contribution in [1.82, 2.24) is 19.7 Å². The van der Waals surface area contributed by atoms with Gasteiger partial charge in [0.15, 0.2) is 9.84 Å². The maximum atomic E-state index is 14.1. The van der Waals surface area contributed by atoms with E-state index in [1.54, 1.807) is 36.9 Å². The second-order valence-corrected chi connectivity index (χ2v) is 13.0. The molecule has 0 spiro atoms. The molecule has 1 saturated heterocycles. The molecule has 9 heteroatoms. The minimum atomic E-state index is -3.61. The van der Waals surface area contributed by atoms with E-state index >= 15 is 0 Å². The molecule has 5 rings (SSSR count). The molecule has 2 aromatic carbocycles. The van der Waals surface area contributed by atoms with E-state index in [2.05, 4.69) is 35.6 Å². The summed E-state index contributed by atoms with van der Waals surface area (Å²) in [5, 5.41) is 8.42. The largest absolute Gasteiger partial charge is 0.317 e. The maximum absolute atomic E-state index is 14.1. The molecule has 0 unspecified atom stereocenters. The van der Waals surface area contributed by atoms with Gasteiger partial charge in [-0.25, -0.2) is 8.42 Å². The highest BCUT2D eigenvalue weighted by Crippen LogP contribution is 2.48. The molecule has 6 nitrogen and oxygen atoms in total. The Bertz CT molecular complexity index is 1200. The summed E-state index contributed by atoms with van der Waals surface area (Å²) in [7, 11) is -3.61. The van der Waals surface area contributed by atoms with Gasteiger partial charge in [0.25, 0.3) is 0 Å². The first-order chi connectivity index (χ1) is 16.4. The van der Waals surface area contributed by atoms with Gasteiger partial charge >= 0.3 is 0 Å². The minimum Gasteiger partial charge on any atom is -0.317 e. The highest BCUT2D eigenvalue weighted by atomic mass is 79.9. The number of benzene rings is 2. The van der Waals surface area contributed by atoms with E-state index in [0.717, 1.165) is 48.8 Å². The number of likely N-dealkylation sites (tertiary alicyclic amines) is 1. The lowest BCUT2D eigenvalue weighted by atomic mass is 9.80. The molecule has 2 heterocycles. The Morgan fingerprint density at radius 1 is 0.853 bits per heavy atom. The van der Waals surface area contributed by atoms with Crippen LogP contribution in [0.2, 0.25) is 5.02 Å². The number of hydrogen-bond donors (Lipinski definition) is 0. The van der Waals surface area contributed by atoms with Gasteiger partial charge in [-0.2, -0.15) is 0 Å².